The lowest BCUT2D eigenvalue weighted by Crippen LogP contribution is -2.04. The average Bonchev–Trinajstić information content (AvgIpc) is 2.35. The van der Waals surface area contributed by atoms with E-state index in [9.17, 15) is 4.79 Å². The van der Waals surface area contributed by atoms with Crippen molar-refractivity contribution in [3.63, 3.8) is 0 Å². The summed E-state index contributed by atoms with van der Waals surface area (Å²) in [5.41, 5.74) is 0.433. The molecule has 0 aromatic heterocycles. The second-order valence-electron chi connectivity index (χ2n) is 3.22. The highest BCUT2D eigenvalue weighted by Crippen LogP contribution is 2.30. The SMILES string of the molecule is C=C(C(=O)O)c1ccc(OCCO)c(OC)c1. The number of hydrogen-bond donors (Lipinski definition) is 2. The van der Waals surface area contributed by atoms with Gasteiger partial charge < -0.3 is 19.7 Å². The van der Waals surface area contributed by atoms with Gasteiger partial charge in [-0.15, -0.1) is 0 Å². The van der Waals surface area contributed by atoms with Gasteiger partial charge in [-0.25, -0.2) is 4.79 Å². The number of methoxy groups -OCH3 is 1. The Morgan fingerprint density at radius 3 is 2.65 bits per heavy atom. The predicted octanol–water partition coefficient (Wildman–Crippen LogP) is 1.16. The third-order valence-corrected chi connectivity index (χ3v) is 2.12. The van der Waals surface area contributed by atoms with Crippen LogP contribution in [0.5, 0.6) is 11.5 Å². The molecule has 0 unspecified atom stereocenters. The lowest BCUT2D eigenvalue weighted by atomic mass is 10.1. The van der Waals surface area contributed by atoms with Crippen molar-refractivity contribution in [1.82, 2.24) is 0 Å². The number of rotatable bonds is 6. The number of hydrogen-bond acceptors (Lipinski definition) is 4. The van der Waals surface area contributed by atoms with Gasteiger partial charge in [0.1, 0.15) is 6.61 Å². The van der Waals surface area contributed by atoms with E-state index in [1.807, 2.05) is 0 Å². The smallest absolute Gasteiger partial charge is 0.335 e. The maximum Gasteiger partial charge on any atom is 0.335 e. The molecule has 0 bridgehead atoms. The summed E-state index contributed by atoms with van der Waals surface area (Å²) in [5.74, 6) is -0.238. The molecule has 2 N–H and O–H groups in total. The Bertz CT molecular complexity index is 425. The van der Waals surface area contributed by atoms with E-state index in [1.165, 1.54) is 13.2 Å². The lowest BCUT2D eigenvalue weighted by molar-refractivity contribution is -0.130. The van der Waals surface area contributed by atoms with Gasteiger partial charge in [-0.2, -0.15) is 0 Å². The molecule has 0 aliphatic carbocycles. The minimum absolute atomic E-state index is 0.0167. The molecule has 0 spiro atoms. The van der Waals surface area contributed by atoms with E-state index in [2.05, 4.69) is 6.58 Å². The standard InChI is InChI=1S/C12H14O5/c1-8(12(14)15)9-3-4-10(17-6-5-13)11(7-9)16-2/h3-4,7,13H,1,5-6H2,2H3,(H,14,15). The molecule has 0 amide bonds. The lowest BCUT2D eigenvalue weighted by Gasteiger charge is -2.11. The number of ether oxygens (including phenoxy) is 2. The van der Waals surface area contributed by atoms with Crippen molar-refractivity contribution in [3.05, 3.63) is 30.3 Å². The van der Waals surface area contributed by atoms with Gasteiger partial charge in [0.25, 0.3) is 0 Å². The zero-order chi connectivity index (χ0) is 12.8. The highest BCUT2D eigenvalue weighted by Gasteiger charge is 2.11. The fourth-order valence-corrected chi connectivity index (χ4v) is 1.25. The van der Waals surface area contributed by atoms with Crippen molar-refractivity contribution in [1.29, 1.82) is 0 Å². The van der Waals surface area contributed by atoms with Crippen LogP contribution in [0.1, 0.15) is 5.56 Å². The number of aliphatic hydroxyl groups excluding tert-OH is 1. The summed E-state index contributed by atoms with van der Waals surface area (Å²) < 4.78 is 10.3. The number of aliphatic carboxylic acids is 1. The van der Waals surface area contributed by atoms with Crippen LogP contribution in [0.2, 0.25) is 0 Å². The summed E-state index contributed by atoms with van der Waals surface area (Å²) >= 11 is 0. The van der Waals surface area contributed by atoms with Crippen LogP contribution in [0, 0.1) is 0 Å². The molecule has 0 saturated heterocycles. The summed E-state index contributed by atoms with van der Waals surface area (Å²) in [5, 5.41) is 17.5. The summed E-state index contributed by atoms with van der Waals surface area (Å²) in [7, 11) is 1.45. The van der Waals surface area contributed by atoms with Crippen LogP contribution >= 0.6 is 0 Å². The molecule has 5 nitrogen and oxygen atoms in total. The first-order valence-electron chi connectivity index (χ1n) is 4.94. The Hall–Kier alpha value is -2.01. The van der Waals surface area contributed by atoms with Crippen molar-refractivity contribution >= 4 is 11.5 Å². The highest BCUT2D eigenvalue weighted by molar-refractivity contribution is 6.14. The van der Waals surface area contributed by atoms with Crippen molar-refractivity contribution in [2.24, 2.45) is 0 Å². The van der Waals surface area contributed by atoms with Crippen LogP contribution < -0.4 is 9.47 Å². The normalized spacial score (nSPS) is 9.76. The van der Waals surface area contributed by atoms with Crippen LogP contribution in [0.4, 0.5) is 0 Å². The molecule has 1 rings (SSSR count). The second kappa shape index (κ2) is 5.91. The molecule has 5 heteroatoms. The van der Waals surface area contributed by atoms with Crippen molar-refractivity contribution in [3.8, 4) is 11.5 Å². The largest absolute Gasteiger partial charge is 0.493 e. The van der Waals surface area contributed by atoms with Gasteiger partial charge in [0, 0.05) is 0 Å². The Morgan fingerprint density at radius 1 is 1.41 bits per heavy atom. The van der Waals surface area contributed by atoms with Gasteiger partial charge in [0.05, 0.1) is 19.3 Å². The summed E-state index contributed by atoms with van der Waals surface area (Å²) in [6.45, 7) is 3.50. The molecule has 17 heavy (non-hydrogen) atoms. The minimum atomic E-state index is -1.09. The molecule has 0 atom stereocenters. The Labute approximate surface area is 98.9 Å². The molecule has 1 aromatic carbocycles. The number of carboxylic acids is 1. The van der Waals surface area contributed by atoms with Gasteiger partial charge in [-0.3, -0.25) is 0 Å². The summed E-state index contributed by atoms with van der Waals surface area (Å²) in [4.78, 5) is 10.8. The first-order chi connectivity index (χ1) is 8.10. The second-order valence-corrected chi connectivity index (χ2v) is 3.22. The van der Waals surface area contributed by atoms with Gasteiger partial charge >= 0.3 is 5.97 Å². The molecular weight excluding hydrogens is 224 g/mol. The number of aliphatic hydroxyl groups is 1. The van der Waals surface area contributed by atoms with Crippen molar-refractivity contribution < 1.29 is 24.5 Å². The topological polar surface area (TPSA) is 76.0 Å². The molecular formula is C12H14O5. The van der Waals surface area contributed by atoms with E-state index in [1.54, 1.807) is 12.1 Å². The quantitative estimate of drug-likeness (QED) is 0.727. The van der Waals surface area contributed by atoms with Gasteiger partial charge in [0.2, 0.25) is 0 Å². The summed E-state index contributed by atoms with van der Waals surface area (Å²) in [6, 6.07) is 4.69. The highest BCUT2D eigenvalue weighted by atomic mass is 16.5. The van der Waals surface area contributed by atoms with Crippen LogP contribution in [0.3, 0.4) is 0 Å². The van der Waals surface area contributed by atoms with Gasteiger partial charge in [-0.1, -0.05) is 12.6 Å². The molecule has 0 aliphatic heterocycles. The molecule has 0 aliphatic rings. The van der Waals surface area contributed by atoms with E-state index in [4.69, 9.17) is 19.7 Å². The molecule has 0 heterocycles. The summed E-state index contributed by atoms with van der Waals surface area (Å²) in [6.07, 6.45) is 0. The third-order valence-electron chi connectivity index (χ3n) is 2.12. The van der Waals surface area contributed by atoms with Crippen LogP contribution in [-0.2, 0) is 4.79 Å². The van der Waals surface area contributed by atoms with E-state index in [-0.39, 0.29) is 18.8 Å². The van der Waals surface area contributed by atoms with E-state index in [0.29, 0.717) is 17.1 Å². The molecule has 0 saturated carbocycles. The van der Waals surface area contributed by atoms with Crippen LogP contribution in [0.25, 0.3) is 5.57 Å². The van der Waals surface area contributed by atoms with Gasteiger partial charge in [-0.05, 0) is 17.7 Å². The van der Waals surface area contributed by atoms with Crippen LogP contribution in [0.15, 0.2) is 24.8 Å². The molecule has 0 radical (unpaired) electrons. The zero-order valence-corrected chi connectivity index (χ0v) is 9.47. The average molecular weight is 238 g/mol. The van der Waals surface area contributed by atoms with Gasteiger partial charge in [0.15, 0.2) is 11.5 Å². The zero-order valence-electron chi connectivity index (χ0n) is 9.47. The first kappa shape index (κ1) is 13.1. The van der Waals surface area contributed by atoms with Crippen LogP contribution in [-0.4, -0.2) is 36.5 Å². The predicted molar refractivity (Wildman–Crippen MR) is 62.2 cm³/mol. The van der Waals surface area contributed by atoms with Crippen molar-refractivity contribution in [2.45, 2.75) is 0 Å². The maximum absolute atomic E-state index is 10.8. The first-order valence-corrected chi connectivity index (χ1v) is 4.94. The Morgan fingerprint density at radius 2 is 2.12 bits per heavy atom. The monoisotopic (exact) mass is 238 g/mol. The van der Waals surface area contributed by atoms with Crippen molar-refractivity contribution in [2.75, 3.05) is 20.3 Å². The fourth-order valence-electron chi connectivity index (χ4n) is 1.25. The molecule has 0 fully saturated rings. The van der Waals surface area contributed by atoms with E-state index < -0.39 is 5.97 Å². The number of carboxylic acid groups (broad SMARTS) is 1. The maximum atomic E-state index is 10.8. The molecule has 1 aromatic rings. The fraction of sp³-hybridized carbons (Fsp3) is 0.250. The number of benzene rings is 1. The third kappa shape index (κ3) is 3.22. The number of carbonyl (C=O) groups is 1. The van der Waals surface area contributed by atoms with E-state index in [0.717, 1.165) is 0 Å². The Kier molecular flexibility index (Phi) is 4.54. The minimum Gasteiger partial charge on any atom is -0.493 e. The van der Waals surface area contributed by atoms with E-state index >= 15 is 0 Å². The Balaban J connectivity index is 2.99. The molecule has 92 valence electrons.